The minimum absolute atomic E-state index is 0. The van der Waals surface area contributed by atoms with Crippen molar-refractivity contribution in [3.63, 3.8) is 0 Å². The van der Waals surface area contributed by atoms with Crippen LogP contribution in [-0.2, 0) is 35.5 Å². The molecule has 0 amide bonds. The molecule has 0 fully saturated rings. The zero-order valence-electron chi connectivity index (χ0n) is 18.5. The van der Waals surface area contributed by atoms with Crippen LogP contribution in [0.4, 0.5) is 0 Å². The first-order valence-electron chi connectivity index (χ1n) is 10.8. The molecule has 2 aromatic rings. The second-order valence-corrected chi connectivity index (χ2v) is 7.49. The minimum atomic E-state index is 0. The van der Waals surface area contributed by atoms with E-state index < -0.39 is 0 Å². The Kier molecular flexibility index (Phi) is 11.8. The molecule has 1 aliphatic heterocycles. The molecule has 31 heavy (non-hydrogen) atoms. The maximum Gasteiger partial charge on any atom is 0.191 e. The van der Waals surface area contributed by atoms with Crippen molar-refractivity contribution in [2.75, 3.05) is 33.9 Å². The highest BCUT2D eigenvalue weighted by Gasteiger charge is 2.22. The van der Waals surface area contributed by atoms with Crippen molar-refractivity contribution < 1.29 is 9.47 Å². The normalized spacial score (nSPS) is 15.8. The molecule has 1 aromatic carbocycles. The quantitative estimate of drug-likeness (QED) is 0.197. The lowest BCUT2D eigenvalue weighted by molar-refractivity contribution is 0.133. The number of aliphatic imine (C=N–C) groups is 1. The number of fused-ring (bicyclic) bond motifs is 1. The summed E-state index contributed by atoms with van der Waals surface area (Å²) in [6, 6.07) is 10.7. The molecule has 0 saturated heterocycles. The topological polar surface area (TPSA) is 85.6 Å². The number of hydrogen-bond acceptors (Lipinski definition) is 5. The van der Waals surface area contributed by atoms with Gasteiger partial charge in [0.05, 0.1) is 13.2 Å². The number of unbranched alkanes of at least 4 members (excludes halogenated alkanes) is 1. The Balaban J connectivity index is 0.00000341. The van der Waals surface area contributed by atoms with Crippen molar-refractivity contribution >= 4 is 29.9 Å². The van der Waals surface area contributed by atoms with Gasteiger partial charge in [0, 0.05) is 39.8 Å². The Labute approximate surface area is 202 Å². The largest absolute Gasteiger partial charge is 0.381 e. The molecule has 1 aliphatic rings. The van der Waals surface area contributed by atoms with Gasteiger partial charge in [-0.25, -0.2) is 9.67 Å². The van der Waals surface area contributed by atoms with Gasteiger partial charge in [-0.05, 0) is 31.2 Å². The van der Waals surface area contributed by atoms with Gasteiger partial charge in [-0.2, -0.15) is 5.10 Å². The average Bonchev–Trinajstić information content (AvgIpc) is 3.17. The van der Waals surface area contributed by atoms with Crippen molar-refractivity contribution in [3.05, 3.63) is 47.5 Å². The highest BCUT2D eigenvalue weighted by molar-refractivity contribution is 14.0. The number of methoxy groups -OCH3 is 1. The van der Waals surface area contributed by atoms with Crippen molar-refractivity contribution in [1.29, 1.82) is 0 Å². The van der Waals surface area contributed by atoms with Crippen LogP contribution in [-0.4, -0.2) is 60.7 Å². The van der Waals surface area contributed by atoms with E-state index in [1.807, 2.05) is 17.8 Å². The average molecular weight is 542 g/mol. The number of aryl methyl sites for hydroxylation is 1. The molecule has 172 valence electrons. The van der Waals surface area contributed by atoms with E-state index in [9.17, 15) is 0 Å². The molecule has 0 aliphatic carbocycles. The fraction of sp³-hybridized carbons (Fsp3) is 0.591. The zero-order valence-corrected chi connectivity index (χ0v) is 20.9. The van der Waals surface area contributed by atoms with Crippen LogP contribution in [0.25, 0.3) is 0 Å². The lowest BCUT2D eigenvalue weighted by Gasteiger charge is -2.25. The highest BCUT2D eigenvalue weighted by Crippen LogP contribution is 2.13. The van der Waals surface area contributed by atoms with E-state index in [-0.39, 0.29) is 24.0 Å². The van der Waals surface area contributed by atoms with Gasteiger partial charge in [0.2, 0.25) is 0 Å². The third-order valence-corrected chi connectivity index (χ3v) is 5.13. The summed E-state index contributed by atoms with van der Waals surface area (Å²) in [6.45, 7) is 3.70. The first-order valence-corrected chi connectivity index (χ1v) is 10.8. The number of nitrogens with zero attached hydrogens (tertiary/aromatic N) is 4. The Morgan fingerprint density at radius 2 is 2.06 bits per heavy atom. The van der Waals surface area contributed by atoms with Gasteiger partial charge in [-0.3, -0.25) is 4.99 Å². The number of rotatable bonds is 11. The minimum Gasteiger partial charge on any atom is -0.381 e. The van der Waals surface area contributed by atoms with Gasteiger partial charge >= 0.3 is 0 Å². The van der Waals surface area contributed by atoms with E-state index in [4.69, 9.17) is 9.47 Å². The van der Waals surface area contributed by atoms with E-state index in [1.54, 1.807) is 7.11 Å². The summed E-state index contributed by atoms with van der Waals surface area (Å²) in [5, 5.41) is 11.4. The van der Waals surface area contributed by atoms with E-state index >= 15 is 0 Å². The molecule has 3 rings (SSSR count). The van der Waals surface area contributed by atoms with Crippen molar-refractivity contribution in [3.8, 4) is 0 Å². The van der Waals surface area contributed by atoms with Gasteiger partial charge in [0.25, 0.3) is 0 Å². The third kappa shape index (κ3) is 8.74. The van der Waals surface area contributed by atoms with Crippen LogP contribution < -0.4 is 10.6 Å². The first kappa shape index (κ1) is 25.5. The summed E-state index contributed by atoms with van der Waals surface area (Å²) < 4.78 is 12.9. The van der Waals surface area contributed by atoms with Crippen molar-refractivity contribution in [2.24, 2.45) is 4.99 Å². The van der Waals surface area contributed by atoms with Crippen LogP contribution in [0.2, 0.25) is 0 Å². The second kappa shape index (κ2) is 14.4. The van der Waals surface area contributed by atoms with E-state index in [2.05, 4.69) is 50.0 Å². The fourth-order valence-electron chi connectivity index (χ4n) is 3.53. The molecule has 1 unspecified atom stereocenters. The number of benzene rings is 1. The molecule has 0 bridgehead atoms. The first-order chi connectivity index (χ1) is 14.8. The van der Waals surface area contributed by atoms with Gasteiger partial charge in [0.1, 0.15) is 12.4 Å². The van der Waals surface area contributed by atoms with Crippen LogP contribution in [0, 0.1) is 0 Å². The SMILES string of the molecule is CN=C(NCCCCOCCc1ccccc1)NC1CCc2nc(COC)nn2C1.I. The smallest absolute Gasteiger partial charge is 0.191 e. The lowest BCUT2D eigenvalue weighted by Crippen LogP contribution is -2.47. The standard InChI is InChI=1S/C22H34N6O2.HI/c1-23-22(24-13-6-7-14-30-15-12-18-8-4-3-5-9-18)25-19-10-11-21-26-20(17-29-2)27-28(21)16-19;/h3-5,8-9,19H,6-7,10-17H2,1-2H3,(H2,23,24,25);1H. The number of aromatic nitrogens is 3. The number of guanidine groups is 1. The van der Waals surface area contributed by atoms with Crippen molar-refractivity contribution in [1.82, 2.24) is 25.4 Å². The van der Waals surface area contributed by atoms with Crippen LogP contribution in [0.1, 0.15) is 36.5 Å². The molecule has 1 aromatic heterocycles. The summed E-state index contributed by atoms with van der Waals surface area (Å²) in [7, 11) is 3.47. The Morgan fingerprint density at radius 3 is 2.84 bits per heavy atom. The predicted octanol–water partition coefficient (Wildman–Crippen LogP) is 2.56. The Morgan fingerprint density at radius 1 is 1.23 bits per heavy atom. The number of halogens is 1. The molecule has 0 spiro atoms. The van der Waals surface area contributed by atoms with Crippen molar-refractivity contribution in [2.45, 2.75) is 51.3 Å². The van der Waals surface area contributed by atoms with Gasteiger partial charge in [-0.15, -0.1) is 24.0 Å². The van der Waals surface area contributed by atoms with Crippen LogP contribution in [0.5, 0.6) is 0 Å². The summed E-state index contributed by atoms with van der Waals surface area (Å²) >= 11 is 0. The highest BCUT2D eigenvalue weighted by atomic mass is 127. The summed E-state index contributed by atoms with van der Waals surface area (Å²) in [4.78, 5) is 8.88. The van der Waals surface area contributed by atoms with Crippen LogP contribution >= 0.6 is 24.0 Å². The van der Waals surface area contributed by atoms with Crippen LogP contribution in [0.3, 0.4) is 0 Å². The van der Waals surface area contributed by atoms with Crippen LogP contribution in [0.15, 0.2) is 35.3 Å². The monoisotopic (exact) mass is 542 g/mol. The Hall–Kier alpha value is -1.72. The molecule has 0 radical (unpaired) electrons. The Bertz CT molecular complexity index is 784. The van der Waals surface area contributed by atoms with Gasteiger partial charge in [0.15, 0.2) is 11.8 Å². The van der Waals surface area contributed by atoms with Gasteiger partial charge in [-0.1, -0.05) is 30.3 Å². The molecular weight excluding hydrogens is 507 g/mol. The maximum absolute atomic E-state index is 5.75. The maximum atomic E-state index is 5.75. The molecule has 1 atom stereocenters. The summed E-state index contributed by atoms with van der Waals surface area (Å²) in [6.07, 6.45) is 4.97. The second-order valence-electron chi connectivity index (χ2n) is 7.49. The molecule has 8 nitrogen and oxygen atoms in total. The van der Waals surface area contributed by atoms with E-state index in [0.717, 1.165) is 76.0 Å². The predicted molar refractivity (Wildman–Crippen MR) is 133 cm³/mol. The molecule has 2 heterocycles. The van der Waals surface area contributed by atoms with E-state index in [0.29, 0.717) is 12.6 Å². The molecule has 0 saturated carbocycles. The number of nitrogens with one attached hydrogen (secondary N) is 2. The molecule has 9 heteroatoms. The third-order valence-electron chi connectivity index (χ3n) is 5.13. The fourth-order valence-corrected chi connectivity index (χ4v) is 3.53. The molecule has 2 N–H and O–H groups in total. The summed E-state index contributed by atoms with van der Waals surface area (Å²) in [5.74, 6) is 2.63. The van der Waals surface area contributed by atoms with Gasteiger partial charge < -0.3 is 20.1 Å². The van der Waals surface area contributed by atoms with E-state index in [1.165, 1.54) is 5.56 Å². The number of hydrogen-bond donors (Lipinski definition) is 2. The summed E-state index contributed by atoms with van der Waals surface area (Å²) in [5.41, 5.74) is 1.32. The number of ether oxygens (including phenoxy) is 2. The molecular formula is C22H35IN6O2. The zero-order chi connectivity index (χ0) is 21.0. The lowest BCUT2D eigenvalue weighted by atomic mass is 10.1.